The minimum atomic E-state index is 0.300. The number of benzene rings is 2. The van der Waals surface area contributed by atoms with E-state index >= 15 is 0 Å². The van der Waals surface area contributed by atoms with Crippen LogP contribution >= 0.6 is 34.8 Å². The van der Waals surface area contributed by atoms with Crippen LogP contribution in [-0.4, -0.2) is 12.6 Å². The van der Waals surface area contributed by atoms with Gasteiger partial charge in [-0.3, -0.25) is 0 Å². The second-order valence-corrected chi connectivity index (χ2v) is 10.9. The molecule has 2 aromatic carbocycles. The highest BCUT2D eigenvalue weighted by molar-refractivity contribution is 6.42. The quantitative estimate of drug-likeness (QED) is 0.451. The molecule has 0 unspecified atom stereocenters. The lowest BCUT2D eigenvalue weighted by Gasteiger charge is -2.57. The minimum Gasteiger partial charge on any atom is -0.493 e. The Morgan fingerprint density at radius 1 is 0.871 bits per heavy atom. The molecule has 6 rings (SSSR count). The van der Waals surface area contributed by atoms with E-state index in [0.29, 0.717) is 38.7 Å². The van der Waals surface area contributed by atoms with E-state index in [4.69, 9.17) is 44.3 Å². The van der Waals surface area contributed by atoms with Crippen molar-refractivity contribution in [1.29, 1.82) is 0 Å². The number of hydrogen-bond acceptors (Lipinski definition) is 3. The van der Waals surface area contributed by atoms with Crippen molar-refractivity contribution in [1.82, 2.24) is 5.32 Å². The molecule has 0 amide bonds. The van der Waals surface area contributed by atoms with Crippen molar-refractivity contribution in [3.63, 3.8) is 0 Å². The third-order valence-corrected chi connectivity index (χ3v) is 8.49. The van der Waals surface area contributed by atoms with Crippen LogP contribution in [0, 0.1) is 17.8 Å². The Hall–Kier alpha value is -1.13. The summed E-state index contributed by atoms with van der Waals surface area (Å²) in [5.41, 5.74) is 2.28. The summed E-state index contributed by atoms with van der Waals surface area (Å²) in [4.78, 5) is 0. The fourth-order valence-electron chi connectivity index (χ4n) is 6.39. The smallest absolute Gasteiger partial charge is 0.163 e. The van der Waals surface area contributed by atoms with Gasteiger partial charge in [0.1, 0.15) is 6.61 Å². The molecule has 4 aliphatic carbocycles. The van der Waals surface area contributed by atoms with Gasteiger partial charge in [-0.15, -0.1) is 0 Å². The fraction of sp³-hybridized carbons (Fsp3) is 0.520. The Balaban J connectivity index is 1.27. The van der Waals surface area contributed by atoms with Gasteiger partial charge in [0.15, 0.2) is 11.5 Å². The first kappa shape index (κ1) is 21.7. The van der Waals surface area contributed by atoms with Crippen molar-refractivity contribution in [3.8, 4) is 11.5 Å². The molecule has 6 heteroatoms. The Kier molecular flexibility index (Phi) is 6.07. The SMILES string of the molecule is COc1cc(CNC23CC4CC(CC(C4)C2)C3)c(Cl)cc1OCc1ccc(Cl)c(Cl)c1. The summed E-state index contributed by atoms with van der Waals surface area (Å²) in [5.74, 6) is 4.06. The van der Waals surface area contributed by atoms with Crippen molar-refractivity contribution in [3.05, 3.63) is 56.5 Å². The molecule has 0 heterocycles. The van der Waals surface area contributed by atoms with Gasteiger partial charge in [0, 0.05) is 23.2 Å². The molecular weight excluding hydrogens is 453 g/mol. The first-order valence-corrected chi connectivity index (χ1v) is 12.2. The van der Waals surface area contributed by atoms with Crippen LogP contribution < -0.4 is 14.8 Å². The summed E-state index contributed by atoms with van der Waals surface area (Å²) in [5, 5.41) is 5.66. The number of halogens is 3. The Morgan fingerprint density at radius 3 is 2.16 bits per heavy atom. The van der Waals surface area contributed by atoms with Crippen LogP contribution in [0.15, 0.2) is 30.3 Å². The van der Waals surface area contributed by atoms with Crippen molar-refractivity contribution in [2.24, 2.45) is 17.8 Å². The van der Waals surface area contributed by atoms with Gasteiger partial charge in [0.25, 0.3) is 0 Å². The molecule has 0 saturated heterocycles. The van der Waals surface area contributed by atoms with Crippen LogP contribution in [0.3, 0.4) is 0 Å². The van der Waals surface area contributed by atoms with Gasteiger partial charge in [0.2, 0.25) is 0 Å². The van der Waals surface area contributed by atoms with Crippen molar-refractivity contribution < 1.29 is 9.47 Å². The zero-order valence-corrected chi connectivity index (χ0v) is 20.0. The Morgan fingerprint density at radius 2 is 1.55 bits per heavy atom. The van der Waals surface area contributed by atoms with Crippen LogP contribution in [0.2, 0.25) is 15.1 Å². The van der Waals surface area contributed by atoms with Gasteiger partial charge in [-0.05, 0) is 85.6 Å². The van der Waals surface area contributed by atoms with E-state index in [0.717, 1.165) is 35.4 Å². The Labute approximate surface area is 199 Å². The summed E-state index contributed by atoms with van der Waals surface area (Å²) >= 11 is 18.8. The molecule has 31 heavy (non-hydrogen) atoms. The van der Waals surface area contributed by atoms with Crippen LogP contribution in [0.1, 0.15) is 49.7 Å². The predicted octanol–water partition coefficient (Wildman–Crippen LogP) is 7.29. The molecule has 2 aromatic rings. The topological polar surface area (TPSA) is 30.5 Å². The van der Waals surface area contributed by atoms with Crippen molar-refractivity contribution >= 4 is 34.8 Å². The van der Waals surface area contributed by atoms with Gasteiger partial charge in [-0.2, -0.15) is 0 Å². The number of hydrogen-bond donors (Lipinski definition) is 1. The third-order valence-electron chi connectivity index (χ3n) is 7.40. The van der Waals surface area contributed by atoms with Crippen molar-refractivity contribution in [2.45, 2.75) is 57.2 Å². The van der Waals surface area contributed by atoms with E-state index in [1.807, 2.05) is 24.3 Å². The van der Waals surface area contributed by atoms with E-state index in [2.05, 4.69) is 5.32 Å². The lowest BCUT2D eigenvalue weighted by atomic mass is 9.53. The highest BCUT2D eigenvalue weighted by Crippen LogP contribution is 2.55. The molecule has 1 N–H and O–H groups in total. The second kappa shape index (κ2) is 8.67. The molecule has 0 radical (unpaired) electrons. The first-order chi connectivity index (χ1) is 14.9. The lowest BCUT2D eigenvalue weighted by Crippen LogP contribution is -2.58. The highest BCUT2D eigenvalue weighted by Gasteiger charge is 2.50. The normalized spacial score (nSPS) is 28.7. The molecule has 4 aliphatic rings. The Bertz CT molecular complexity index is 942. The molecule has 0 atom stereocenters. The van der Waals surface area contributed by atoms with E-state index in [9.17, 15) is 0 Å². The van der Waals surface area contributed by atoms with E-state index in [1.54, 1.807) is 13.2 Å². The number of ether oxygens (including phenoxy) is 2. The summed E-state index contributed by atoms with van der Waals surface area (Å²) in [6, 6.07) is 9.33. The van der Waals surface area contributed by atoms with Crippen LogP contribution in [0.5, 0.6) is 11.5 Å². The van der Waals surface area contributed by atoms with Crippen LogP contribution in [0.4, 0.5) is 0 Å². The van der Waals surface area contributed by atoms with Gasteiger partial charge >= 0.3 is 0 Å². The van der Waals surface area contributed by atoms with Gasteiger partial charge in [-0.25, -0.2) is 0 Å². The summed E-state index contributed by atoms with van der Waals surface area (Å²) in [7, 11) is 1.66. The molecule has 4 fully saturated rings. The summed E-state index contributed by atoms with van der Waals surface area (Å²) < 4.78 is 11.6. The highest BCUT2D eigenvalue weighted by atomic mass is 35.5. The molecule has 0 spiro atoms. The maximum atomic E-state index is 6.66. The number of nitrogens with one attached hydrogen (secondary N) is 1. The molecule has 3 nitrogen and oxygen atoms in total. The van der Waals surface area contributed by atoms with Gasteiger partial charge < -0.3 is 14.8 Å². The largest absolute Gasteiger partial charge is 0.493 e. The predicted molar refractivity (Wildman–Crippen MR) is 127 cm³/mol. The maximum Gasteiger partial charge on any atom is 0.163 e. The maximum absolute atomic E-state index is 6.66. The van der Waals surface area contributed by atoms with E-state index in [-0.39, 0.29) is 0 Å². The monoisotopic (exact) mass is 479 g/mol. The fourth-order valence-corrected chi connectivity index (χ4v) is 6.93. The summed E-state index contributed by atoms with van der Waals surface area (Å²) in [6.07, 6.45) is 8.29. The van der Waals surface area contributed by atoms with E-state index in [1.165, 1.54) is 38.5 Å². The molecular formula is C25H28Cl3NO2. The number of rotatable bonds is 7. The second-order valence-electron chi connectivity index (χ2n) is 9.68. The minimum absolute atomic E-state index is 0.300. The van der Waals surface area contributed by atoms with Crippen LogP contribution in [0.25, 0.3) is 0 Å². The van der Waals surface area contributed by atoms with Gasteiger partial charge in [-0.1, -0.05) is 40.9 Å². The zero-order chi connectivity index (χ0) is 21.6. The zero-order valence-electron chi connectivity index (χ0n) is 17.7. The molecule has 0 aliphatic heterocycles. The van der Waals surface area contributed by atoms with Crippen molar-refractivity contribution in [2.75, 3.05) is 7.11 Å². The summed E-state index contributed by atoms with van der Waals surface area (Å²) in [6.45, 7) is 1.11. The molecule has 0 aromatic heterocycles. The average molecular weight is 481 g/mol. The standard InChI is InChI=1S/C25H28Cl3NO2/c1-30-23-8-19(13-29-25-10-16-4-17(11-25)6-18(5-16)12-25)21(27)9-24(23)31-14-15-2-3-20(26)22(28)7-15/h2-3,7-9,16-18,29H,4-6,10-14H2,1H3. The van der Waals surface area contributed by atoms with E-state index < -0.39 is 0 Å². The average Bonchev–Trinajstić information content (AvgIpc) is 2.73. The molecule has 4 saturated carbocycles. The van der Waals surface area contributed by atoms with Gasteiger partial charge in [0.05, 0.1) is 17.2 Å². The van der Waals surface area contributed by atoms with Crippen LogP contribution in [-0.2, 0) is 13.2 Å². The number of methoxy groups -OCH3 is 1. The third kappa shape index (κ3) is 4.53. The molecule has 166 valence electrons. The first-order valence-electron chi connectivity index (χ1n) is 11.1. The lowest BCUT2D eigenvalue weighted by molar-refractivity contribution is -0.0206. The molecule has 4 bridgehead atoms.